The molecule has 0 bridgehead atoms. The van der Waals surface area contributed by atoms with Crippen LogP contribution in [0.3, 0.4) is 0 Å². The first-order valence-corrected chi connectivity index (χ1v) is 7.27. The maximum absolute atomic E-state index is 11.9. The van der Waals surface area contributed by atoms with Crippen molar-refractivity contribution in [3.05, 3.63) is 11.9 Å². The largest absolute Gasteiger partial charge is 0.467 e. The van der Waals surface area contributed by atoms with E-state index >= 15 is 0 Å². The SMILES string of the molecule is CNc1ncnc(NC(CC(C)C)C(=O)OC)c1C(C)C. The summed E-state index contributed by atoms with van der Waals surface area (Å²) < 4.78 is 4.88. The summed E-state index contributed by atoms with van der Waals surface area (Å²) in [6, 6.07) is -0.410. The third-order valence-corrected chi connectivity index (χ3v) is 3.20. The number of carbonyl (C=O) groups excluding carboxylic acids is 1. The average molecular weight is 294 g/mol. The third kappa shape index (κ3) is 4.58. The Morgan fingerprint density at radius 3 is 2.33 bits per heavy atom. The smallest absolute Gasteiger partial charge is 0.328 e. The molecule has 0 aliphatic rings. The molecule has 118 valence electrons. The van der Waals surface area contributed by atoms with Crippen LogP contribution in [0.4, 0.5) is 11.6 Å². The number of ether oxygens (including phenoxy) is 1. The number of aromatic nitrogens is 2. The molecule has 1 atom stereocenters. The van der Waals surface area contributed by atoms with Crippen molar-refractivity contribution in [1.82, 2.24) is 9.97 Å². The van der Waals surface area contributed by atoms with Crippen LogP contribution in [0.5, 0.6) is 0 Å². The summed E-state index contributed by atoms with van der Waals surface area (Å²) in [5, 5.41) is 6.29. The Balaban J connectivity index is 3.11. The van der Waals surface area contributed by atoms with Crippen LogP contribution in [-0.4, -0.2) is 36.1 Å². The molecule has 1 aromatic rings. The topological polar surface area (TPSA) is 76.1 Å². The highest BCUT2D eigenvalue weighted by Gasteiger charge is 2.23. The zero-order chi connectivity index (χ0) is 16.0. The van der Waals surface area contributed by atoms with Gasteiger partial charge in [-0.3, -0.25) is 0 Å². The van der Waals surface area contributed by atoms with Crippen LogP contribution < -0.4 is 10.6 Å². The minimum Gasteiger partial charge on any atom is -0.467 e. The van der Waals surface area contributed by atoms with Crippen LogP contribution in [0.2, 0.25) is 0 Å². The monoisotopic (exact) mass is 294 g/mol. The minimum atomic E-state index is -0.410. The van der Waals surface area contributed by atoms with Gasteiger partial charge in [-0.1, -0.05) is 27.7 Å². The van der Waals surface area contributed by atoms with Crippen LogP contribution >= 0.6 is 0 Å². The van der Waals surface area contributed by atoms with Crippen LogP contribution in [0.1, 0.15) is 45.6 Å². The first kappa shape index (κ1) is 17.2. The van der Waals surface area contributed by atoms with E-state index in [1.165, 1.54) is 13.4 Å². The Kier molecular flexibility index (Phi) is 6.39. The van der Waals surface area contributed by atoms with Gasteiger partial charge >= 0.3 is 5.97 Å². The van der Waals surface area contributed by atoms with Gasteiger partial charge in [-0.05, 0) is 18.3 Å². The molecule has 0 aliphatic carbocycles. The summed E-state index contributed by atoms with van der Waals surface area (Å²) in [4.78, 5) is 20.5. The fourth-order valence-corrected chi connectivity index (χ4v) is 2.25. The molecule has 0 spiro atoms. The molecule has 0 amide bonds. The summed E-state index contributed by atoms with van der Waals surface area (Å²) in [7, 11) is 3.23. The summed E-state index contributed by atoms with van der Waals surface area (Å²) in [6.07, 6.45) is 2.17. The van der Waals surface area contributed by atoms with Gasteiger partial charge in [0, 0.05) is 12.6 Å². The van der Waals surface area contributed by atoms with Crippen molar-refractivity contribution in [3.8, 4) is 0 Å². The highest BCUT2D eigenvalue weighted by atomic mass is 16.5. The average Bonchev–Trinajstić information content (AvgIpc) is 2.44. The van der Waals surface area contributed by atoms with Gasteiger partial charge in [0.15, 0.2) is 0 Å². The number of esters is 1. The van der Waals surface area contributed by atoms with Gasteiger partial charge in [-0.25, -0.2) is 14.8 Å². The Labute approximate surface area is 126 Å². The number of anilines is 2. The van der Waals surface area contributed by atoms with Gasteiger partial charge in [0.1, 0.15) is 24.0 Å². The molecule has 0 aliphatic heterocycles. The predicted octanol–water partition coefficient (Wildman–Crippen LogP) is 2.64. The lowest BCUT2D eigenvalue weighted by molar-refractivity contribution is -0.141. The van der Waals surface area contributed by atoms with E-state index < -0.39 is 6.04 Å². The normalized spacial score (nSPS) is 12.4. The molecule has 1 aromatic heterocycles. The predicted molar refractivity (Wildman–Crippen MR) is 84.5 cm³/mol. The van der Waals surface area contributed by atoms with Gasteiger partial charge in [-0.2, -0.15) is 0 Å². The molecule has 1 rings (SSSR count). The third-order valence-electron chi connectivity index (χ3n) is 3.20. The highest BCUT2D eigenvalue weighted by molar-refractivity contribution is 5.79. The second kappa shape index (κ2) is 7.81. The molecule has 1 unspecified atom stereocenters. The minimum absolute atomic E-state index is 0.230. The summed E-state index contributed by atoms with van der Waals surface area (Å²) >= 11 is 0. The number of hydrogen-bond donors (Lipinski definition) is 2. The van der Waals surface area contributed by atoms with Gasteiger partial charge < -0.3 is 15.4 Å². The second-order valence-corrected chi connectivity index (χ2v) is 5.74. The van der Waals surface area contributed by atoms with Gasteiger partial charge in [0.05, 0.1) is 7.11 Å². The van der Waals surface area contributed by atoms with E-state index in [1.807, 2.05) is 7.05 Å². The number of nitrogens with zero attached hydrogens (tertiary/aromatic N) is 2. The number of rotatable bonds is 7. The number of hydrogen-bond acceptors (Lipinski definition) is 6. The Bertz CT molecular complexity index is 475. The van der Waals surface area contributed by atoms with E-state index in [0.29, 0.717) is 18.2 Å². The quantitative estimate of drug-likeness (QED) is 0.753. The zero-order valence-electron chi connectivity index (χ0n) is 13.7. The van der Waals surface area contributed by atoms with E-state index in [9.17, 15) is 4.79 Å². The molecule has 0 fully saturated rings. The lowest BCUT2D eigenvalue weighted by Gasteiger charge is -2.22. The molecule has 0 aromatic carbocycles. The molecule has 2 N–H and O–H groups in total. The molecule has 1 heterocycles. The fourth-order valence-electron chi connectivity index (χ4n) is 2.25. The van der Waals surface area contributed by atoms with E-state index in [1.54, 1.807) is 0 Å². The Morgan fingerprint density at radius 2 is 1.86 bits per heavy atom. The maximum Gasteiger partial charge on any atom is 0.328 e. The zero-order valence-corrected chi connectivity index (χ0v) is 13.7. The van der Waals surface area contributed by atoms with E-state index in [0.717, 1.165) is 11.4 Å². The van der Waals surface area contributed by atoms with Crippen LogP contribution in [0.25, 0.3) is 0 Å². The molecule has 6 heteroatoms. The molecule has 0 radical (unpaired) electrons. The maximum atomic E-state index is 11.9. The van der Waals surface area contributed by atoms with Crippen LogP contribution in [0, 0.1) is 5.92 Å². The Hall–Kier alpha value is -1.85. The van der Waals surface area contributed by atoms with Crippen LogP contribution in [-0.2, 0) is 9.53 Å². The summed E-state index contributed by atoms with van der Waals surface area (Å²) in [5.41, 5.74) is 0.970. The highest BCUT2D eigenvalue weighted by Crippen LogP contribution is 2.29. The van der Waals surface area contributed by atoms with Crippen molar-refractivity contribution in [2.24, 2.45) is 5.92 Å². The fraction of sp³-hybridized carbons (Fsp3) is 0.667. The summed E-state index contributed by atoms with van der Waals surface area (Å²) in [6.45, 7) is 8.28. The molecular weight excluding hydrogens is 268 g/mol. The molecule has 21 heavy (non-hydrogen) atoms. The Morgan fingerprint density at radius 1 is 1.24 bits per heavy atom. The van der Waals surface area contributed by atoms with Crippen molar-refractivity contribution in [2.45, 2.75) is 46.1 Å². The molecular formula is C15H26N4O2. The lowest BCUT2D eigenvalue weighted by Crippen LogP contribution is -2.33. The lowest BCUT2D eigenvalue weighted by atomic mass is 10.0. The number of carbonyl (C=O) groups is 1. The molecule has 0 saturated carbocycles. The van der Waals surface area contributed by atoms with Crippen molar-refractivity contribution < 1.29 is 9.53 Å². The van der Waals surface area contributed by atoms with Crippen molar-refractivity contribution in [3.63, 3.8) is 0 Å². The summed E-state index contributed by atoms with van der Waals surface area (Å²) in [5.74, 6) is 1.78. The van der Waals surface area contributed by atoms with Crippen molar-refractivity contribution >= 4 is 17.6 Å². The molecule has 6 nitrogen and oxygen atoms in total. The second-order valence-electron chi connectivity index (χ2n) is 5.74. The standard InChI is InChI=1S/C15H26N4O2/c1-9(2)7-11(15(20)21-6)19-14-12(10(3)4)13(16-5)17-8-18-14/h8-11H,7H2,1-6H3,(H2,16,17,18,19). The van der Waals surface area contributed by atoms with E-state index in [-0.39, 0.29) is 11.9 Å². The number of nitrogens with one attached hydrogen (secondary N) is 2. The van der Waals surface area contributed by atoms with Crippen LogP contribution in [0.15, 0.2) is 6.33 Å². The molecule has 0 saturated heterocycles. The van der Waals surface area contributed by atoms with Gasteiger partial charge in [0.25, 0.3) is 0 Å². The van der Waals surface area contributed by atoms with Crippen molar-refractivity contribution in [1.29, 1.82) is 0 Å². The first-order valence-electron chi connectivity index (χ1n) is 7.27. The van der Waals surface area contributed by atoms with E-state index in [4.69, 9.17) is 4.74 Å². The van der Waals surface area contributed by atoms with E-state index in [2.05, 4.69) is 48.3 Å². The van der Waals surface area contributed by atoms with Gasteiger partial charge in [0.2, 0.25) is 0 Å². The first-order chi connectivity index (χ1) is 9.90. The number of methoxy groups -OCH3 is 1. The van der Waals surface area contributed by atoms with Crippen molar-refractivity contribution in [2.75, 3.05) is 24.8 Å². The van der Waals surface area contributed by atoms with Gasteiger partial charge in [-0.15, -0.1) is 0 Å².